The van der Waals surface area contributed by atoms with E-state index in [1.165, 1.54) is 0 Å². The predicted octanol–water partition coefficient (Wildman–Crippen LogP) is 0.399. The predicted molar refractivity (Wildman–Crippen MR) is 83.1 cm³/mol. The van der Waals surface area contributed by atoms with Crippen LogP contribution in [-0.2, 0) is 4.79 Å². The van der Waals surface area contributed by atoms with Crippen molar-refractivity contribution in [2.45, 2.75) is 25.1 Å². The topological polar surface area (TPSA) is 47.0 Å². The van der Waals surface area contributed by atoms with Crippen molar-refractivity contribution < 1.29 is 23.1 Å². The molecule has 2 saturated heterocycles. The summed E-state index contributed by atoms with van der Waals surface area (Å²) in [6.07, 6.45) is -1.06. The van der Waals surface area contributed by atoms with Gasteiger partial charge in [0.15, 0.2) is 6.10 Å². The lowest BCUT2D eigenvalue weighted by Crippen LogP contribution is -2.52. The largest absolute Gasteiger partial charge is 0.414 e. The second-order valence-electron chi connectivity index (χ2n) is 6.46. The third-order valence-electron chi connectivity index (χ3n) is 4.81. The fraction of sp³-hybridized carbons (Fsp3) is 0.812. The number of hydrogen-bond donors (Lipinski definition) is 1. The molecular weight excluding hydrogens is 323 g/mol. The van der Waals surface area contributed by atoms with Crippen molar-refractivity contribution in [3.63, 3.8) is 0 Å². The van der Waals surface area contributed by atoms with E-state index in [-0.39, 0.29) is 25.3 Å². The van der Waals surface area contributed by atoms with E-state index in [0.29, 0.717) is 32.7 Å². The summed E-state index contributed by atoms with van der Waals surface area (Å²) in [6.45, 7) is 4.36. The van der Waals surface area contributed by atoms with Gasteiger partial charge in [0.1, 0.15) is 0 Å². The molecule has 136 valence electrons. The first kappa shape index (κ1) is 19.0. The molecule has 2 aliphatic heterocycles. The quantitative estimate of drug-likeness (QED) is 0.748. The van der Waals surface area contributed by atoms with Crippen LogP contribution in [0.3, 0.4) is 0 Å². The van der Waals surface area contributed by atoms with Gasteiger partial charge in [-0.05, 0) is 31.8 Å². The molecule has 24 heavy (non-hydrogen) atoms. The van der Waals surface area contributed by atoms with Gasteiger partial charge in [0, 0.05) is 26.2 Å². The molecule has 2 aliphatic rings. The molecule has 1 atom stereocenters. The van der Waals surface area contributed by atoms with Crippen LogP contribution in [0.25, 0.3) is 0 Å². The zero-order valence-corrected chi connectivity index (χ0v) is 13.6. The second-order valence-corrected chi connectivity index (χ2v) is 6.46. The zero-order chi connectivity index (χ0) is 17.7. The van der Waals surface area contributed by atoms with E-state index in [0.717, 1.165) is 13.1 Å². The van der Waals surface area contributed by atoms with Gasteiger partial charge in [-0.2, -0.15) is 13.2 Å². The van der Waals surface area contributed by atoms with Crippen molar-refractivity contribution in [3.05, 3.63) is 0 Å². The first-order chi connectivity index (χ1) is 11.3. The van der Waals surface area contributed by atoms with Crippen LogP contribution in [0.2, 0.25) is 0 Å². The summed E-state index contributed by atoms with van der Waals surface area (Å²) in [4.78, 5) is 18.1. The third kappa shape index (κ3) is 5.10. The Morgan fingerprint density at radius 1 is 1.12 bits per heavy atom. The van der Waals surface area contributed by atoms with Crippen LogP contribution in [0.4, 0.5) is 13.2 Å². The van der Waals surface area contributed by atoms with Crippen molar-refractivity contribution in [2.75, 3.05) is 52.4 Å². The average Bonchev–Trinajstić information content (AvgIpc) is 2.55. The number of carbonyl (C=O) groups is 1. The maximum absolute atomic E-state index is 12.5. The maximum atomic E-state index is 12.5. The number of hydrogen-bond acceptors (Lipinski definition) is 4. The van der Waals surface area contributed by atoms with Crippen LogP contribution in [0.1, 0.15) is 12.8 Å². The second kappa shape index (κ2) is 8.19. The van der Waals surface area contributed by atoms with E-state index in [1.54, 1.807) is 4.90 Å². The standard InChI is InChI=1S/C16H24F3N3O2/c1-2-5-20-8-10-22(11-9-20)14(23)12-21-6-3-13(4-7-21)15(24)16(17,18)19/h1,13,15,24H,3-12H2. The maximum Gasteiger partial charge on any atom is 0.414 e. The number of aliphatic hydroxyl groups is 1. The molecule has 2 rings (SSSR count). The Labute approximate surface area is 140 Å². The van der Waals surface area contributed by atoms with E-state index in [4.69, 9.17) is 6.42 Å². The van der Waals surface area contributed by atoms with Crippen LogP contribution >= 0.6 is 0 Å². The molecule has 0 bridgehead atoms. The third-order valence-corrected chi connectivity index (χ3v) is 4.81. The summed E-state index contributed by atoms with van der Waals surface area (Å²) >= 11 is 0. The number of likely N-dealkylation sites (tertiary alicyclic amines) is 1. The zero-order valence-electron chi connectivity index (χ0n) is 13.6. The summed E-state index contributed by atoms with van der Waals surface area (Å²) < 4.78 is 37.6. The molecule has 2 fully saturated rings. The number of aliphatic hydroxyl groups excluding tert-OH is 1. The highest BCUT2D eigenvalue weighted by molar-refractivity contribution is 5.78. The Hall–Kier alpha value is -1.30. The Kier molecular flexibility index (Phi) is 6.49. The summed E-state index contributed by atoms with van der Waals surface area (Å²) in [7, 11) is 0. The number of piperazine rings is 1. The molecule has 2 heterocycles. The van der Waals surface area contributed by atoms with Gasteiger partial charge in [-0.1, -0.05) is 5.92 Å². The Balaban J connectivity index is 1.72. The van der Waals surface area contributed by atoms with Gasteiger partial charge in [0.25, 0.3) is 0 Å². The Morgan fingerprint density at radius 3 is 2.21 bits per heavy atom. The first-order valence-corrected chi connectivity index (χ1v) is 8.22. The van der Waals surface area contributed by atoms with Crippen molar-refractivity contribution in [1.82, 2.24) is 14.7 Å². The molecule has 0 saturated carbocycles. The number of nitrogens with zero attached hydrogens (tertiary/aromatic N) is 3. The summed E-state index contributed by atoms with van der Waals surface area (Å²) in [5.74, 6) is 1.82. The van der Waals surface area contributed by atoms with Crippen LogP contribution in [0.5, 0.6) is 0 Å². The molecule has 0 spiro atoms. The van der Waals surface area contributed by atoms with Gasteiger partial charge < -0.3 is 10.0 Å². The highest BCUT2D eigenvalue weighted by Crippen LogP contribution is 2.31. The fourth-order valence-corrected chi connectivity index (χ4v) is 3.27. The Bertz CT molecular complexity index is 462. The minimum Gasteiger partial charge on any atom is -0.383 e. The molecule has 8 heteroatoms. The highest BCUT2D eigenvalue weighted by Gasteiger charge is 2.44. The Morgan fingerprint density at radius 2 is 1.71 bits per heavy atom. The monoisotopic (exact) mass is 347 g/mol. The molecule has 0 radical (unpaired) electrons. The van der Waals surface area contributed by atoms with Crippen molar-refractivity contribution in [2.24, 2.45) is 5.92 Å². The van der Waals surface area contributed by atoms with E-state index in [1.807, 2.05) is 4.90 Å². The van der Waals surface area contributed by atoms with Gasteiger partial charge in [0.2, 0.25) is 5.91 Å². The highest BCUT2D eigenvalue weighted by atomic mass is 19.4. The van der Waals surface area contributed by atoms with Gasteiger partial charge in [-0.15, -0.1) is 6.42 Å². The smallest absolute Gasteiger partial charge is 0.383 e. The number of halogens is 3. The molecule has 0 aromatic carbocycles. The molecule has 5 nitrogen and oxygen atoms in total. The molecule has 0 aromatic heterocycles. The number of terminal acetylenes is 1. The molecule has 1 N–H and O–H groups in total. The average molecular weight is 347 g/mol. The first-order valence-electron chi connectivity index (χ1n) is 8.22. The molecule has 0 aliphatic carbocycles. The normalized spacial score (nSPS) is 23.0. The summed E-state index contributed by atoms with van der Waals surface area (Å²) in [6, 6.07) is 0. The van der Waals surface area contributed by atoms with Crippen LogP contribution in [-0.4, -0.2) is 90.4 Å². The van der Waals surface area contributed by atoms with Crippen molar-refractivity contribution in [3.8, 4) is 12.3 Å². The van der Waals surface area contributed by atoms with Crippen LogP contribution in [0.15, 0.2) is 0 Å². The molecular formula is C16H24F3N3O2. The molecule has 1 amide bonds. The van der Waals surface area contributed by atoms with Crippen LogP contribution < -0.4 is 0 Å². The number of piperidine rings is 1. The number of amides is 1. The minimum absolute atomic E-state index is 0.00479. The van der Waals surface area contributed by atoms with E-state index in [2.05, 4.69) is 10.8 Å². The van der Waals surface area contributed by atoms with Gasteiger partial charge >= 0.3 is 6.18 Å². The molecule has 1 unspecified atom stereocenters. The minimum atomic E-state index is -4.57. The fourth-order valence-electron chi connectivity index (χ4n) is 3.27. The lowest BCUT2D eigenvalue weighted by molar-refractivity contribution is -0.223. The van der Waals surface area contributed by atoms with Gasteiger partial charge in [-0.3, -0.25) is 14.6 Å². The van der Waals surface area contributed by atoms with E-state index in [9.17, 15) is 23.1 Å². The SMILES string of the molecule is C#CCN1CCN(C(=O)CN2CCC(C(O)C(F)(F)F)CC2)CC1. The van der Waals surface area contributed by atoms with Crippen molar-refractivity contribution >= 4 is 5.91 Å². The summed E-state index contributed by atoms with van der Waals surface area (Å²) in [5.41, 5.74) is 0. The summed E-state index contributed by atoms with van der Waals surface area (Å²) in [5, 5.41) is 9.31. The van der Waals surface area contributed by atoms with E-state index < -0.39 is 18.2 Å². The van der Waals surface area contributed by atoms with Gasteiger partial charge in [0.05, 0.1) is 13.1 Å². The van der Waals surface area contributed by atoms with Crippen molar-refractivity contribution in [1.29, 1.82) is 0 Å². The molecule has 0 aromatic rings. The number of alkyl halides is 3. The van der Waals surface area contributed by atoms with Crippen LogP contribution in [0, 0.1) is 18.3 Å². The lowest BCUT2D eigenvalue weighted by atomic mass is 9.91. The van der Waals surface area contributed by atoms with E-state index >= 15 is 0 Å². The number of rotatable bonds is 4. The lowest BCUT2D eigenvalue weighted by Gasteiger charge is -2.37. The van der Waals surface area contributed by atoms with Gasteiger partial charge in [-0.25, -0.2) is 0 Å². The number of carbonyl (C=O) groups excluding carboxylic acids is 1.